The third kappa shape index (κ3) is 2.53. The van der Waals surface area contributed by atoms with Crippen LogP contribution in [0.1, 0.15) is 25.5 Å². The number of phenolic OH excluding ortho intramolecular Hbond substituents is 2. The Labute approximate surface area is 93.8 Å². The van der Waals surface area contributed by atoms with Crippen LogP contribution < -0.4 is 0 Å². The van der Waals surface area contributed by atoms with E-state index in [1.165, 1.54) is 13.0 Å². The maximum Gasteiger partial charge on any atom is 0.333 e. The van der Waals surface area contributed by atoms with Crippen molar-refractivity contribution in [3.63, 3.8) is 0 Å². The molecule has 1 aromatic carbocycles. The first-order chi connectivity index (χ1) is 7.43. The van der Waals surface area contributed by atoms with E-state index in [4.69, 9.17) is 4.74 Å². The first-order valence-corrected chi connectivity index (χ1v) is 4.80. The van der Waals surface area contributed by atoms with Crippen molar-refractivity contribution in [2.75, 3.05) is 0 Å². The van der Waals surface area contributed by atoms with Gasteiger partial charge >= 0.3 is 5.97 Å². The molecular formula is C12H14O4. The van der Waals surface area contributed by atoms with Gasteiger partial charge in [0.05, 0.1) is 0 Å². The quantitative estimate of drug-likeness (QED) is 0.467. The van der Waals surface area contributed by atoms with Gasteiger partial charge in [-0.1, -0.05) is 18.7 Å². The molecule has 0 heterocycles. The Morgan fingerprint density at radius 3 is 2.62 bits per heavy atom. The highest BCUT2D eigenvalue weighted by Crippen LogP contribution is 2.34. The fourth-order valence-corrected chi connectivity index (χ4v) is 1.20. The Bertz CT molecular complexity index is 423. The van der Waals surface area contributed by atoms with Gasteiger partial charge in [-0.15, -0.1) is 0 Å². The van der Waals surface area contributed by atoms with Crippen molar-refractivity contribution >= 4 is 5.97 Å². The zero-order valence-corrected chi connectivity index (χ0v) is 9.23. The summed E-state index contributed by atoms with van der Waals surface area (Å²) >= 11 is 0. The normalized spacial score (nSPS) is 11.9. The van der Waals surface area contributed by atoms with E-state index in [2.05, 4.69) is 6.58 Å². The predicted molar refractivity (Wildman–Crippen MR) is 59.1 cm³/mol. The summed E-state index contributed by atoms with van der Waals surface area (Å²) in [6, 6.07) is 4.49. The van der Waals surface area contributed by atoms with Crippen LogP contribution >= 0.6 is 0 Å². The van der Waals surface area contributed by atoms with Crippen LogP contribution in [0.3, 0.4) is 0 Å². The van der Waals surface area contributed by atoms with Crippen molar-refractivity contribution in [3.8, 4) is 11.5 Å². The van der Waals surface area contributed by atoms with E-state index in [0.29, 0.717) is 5.56 Å². The third-order valence-electron chi connectivity index (χ3n) is 2.12. The molecule has 0 fully saturated rings. The Morgan fingerprint density at radius 2 is 2.06 bits per heavy atom. The average molecular weight is 222 g/mol. The number of ether oxygens (including phenoxy) is 1. The lowest BCUT2D eigenvalue weighted by atomic mass is 10.1. The van der Waals surface area contributed by atoms with Gasteiger partial charge in [-0.05, 0) is 19.9 Å². The second-order valence-corrected chi connectivity index (χ2v) is 3.54. The number of hydrogen-bond donors (Lipinski definition) is 2. The second-order valence-electron chi connectivity index (χ2n) is 3.54. The summed E-state index contributed by atoms with van der Waals surface area (Å²) < 4.78 is 5.02. The van der Waals surface area contributed by atoms with Gasteiger partial charge in [0.15, 0.2) is 11.5 Å². The van der Waals surface area contributed by atoms with E-state index in [1.807, 2.05) is 0 Å². The molecule has 0 amide bonds. The average Bonchev–Trinajstić information content (AvgIpc) is 2.21. The first kappa shape index (κ1) is 12.1. The summed E-state index contributed by atoms with van der Waals surface area (Å²) in [5, 5.41) is 18.8. The Morgan fingerprint density at radius 1 is 1.44 bits per heavy atom. The van der Waals surface area contributed by atoms with Crippen LogP contribution in [0.25, 0.3) is 0 Å². The Kier molecular flexibility index (Phi) is 3.55. The van der Waals surface area contributed by atoms with Crippen molar-refractivity contribution in [3.05, 3.63) is 35.9 Å². The minimum Gasteiger partial charge on any atom is -0.504 e. The van der Waals surface area contributed by atoms with Crippen molar-refractivity contribution in [2.45, 2.75) is 20.0 Å². The molecule has 4 nitrogen and oxygen atoms in total. The molecule has 1 unspecified atom stereocenters. The maximum atomic E-state index is 11.3. The monoisotopic (exact) mass is 222 g/mol. The van der Waals surface area contributed by atoms with Crippen LogP contribution in [0.5, 0.6) is 11.5 Å². The number of carbonyl (C=O) groups is 1. The highest BCUT2D eigenvalue weighted by molar-refractivity contribution is 5.87. The molecule has 16 heavy (non-hydrogen) atoms. The lowest BCUT2D eigenvalue weighted by Crippen LogP contribution is -2.09. The smallest absolute Gasteiger partial charge is 0.333 e. The Balaban J connectivity index is 2.89. The summed E-state index contributed by atoms with van der Waals surface area (Å²) in [6.07, 6.45) is -0.642. The van der Waals surface area contributed by atoms with E-state index in [0.717, 1.165) is 0 Å². The van der Waals surface area contributed by atoms with Gasteiger partial charge in [-0.3, -0.25) is 0 Å². The summed E-state index contributed by atoms with van der Waals surface area (Å²) in [5.74, 6) is -1.05. The van der Waals surface area contributed by atoms with Crippen LogP contribution in [0.4, 0.5) is 0 Å². The van der Waals surface area contributed by atoms with Crippen LogP contribution in [0.15, 0.2) is 30.4 Å². The zero-order chi connectivity index (χ0) is 12.3. The molecule has 2 N–H and O–H groups in total. The molecule has 0 saturated carbocycles. The van der Waals surface area contributed by atoms with Gasteiger partial charge in [0.2, 0.25) is 0 Å². The minimum atomic E-state index is -0.642. The highest BCUT2D eigenvalue weighted by atomic mass is 16.5. The molecule has 0 saturated heterocycles. The van der Waals surface area contributed by atoms with Crippen molar-refractivity contribution in [1.82, 2.24) is 0 Å². The van der Waals surface area contributed by atoms with Gasteiger partial charge < -0.3 is 14.9 Å². The van der Waals surface area contributed by atoms with E-state index in [9.17, 15) is 15.0 Å². The van der Waals surface area contributed by atoms with Crippen molar-refractivity contribution < 1.29 is 19.7 Å². The molecule has 0 aliphatic carbocycles. The number of hydrogen-bond acceptors (Lipinski definition) is 4. The standard InChI is InChI=1S/C12H14O4/c1-7(2)12(15)16-8(3)9-5-4-6-10(13)11(9)14/h4-6,8,13-14H,1H2,2-3H3. The number of para-hydroxylation sites is 1. The summed E-state index contributed by atoms with van der Waals surface area (Å²) in [6.45, 7) is 6.60. The van der Waals surface area contributed by atoms with Crippen LogP contribution in [-0.2, 0) is 9.53 Å². The molecule has 0 spiro atoms. The number of carbonyl (C=O) groups excluding carboxylic acids is 1. The van der Waals surface area contributed by atoms with Gasteiger partial charge in [0, 0.05) is 11.1 Å². The number of aromatic hydroxyl groups is 2. The van der Waals surface area contributed by atoms with Gasteiger partial charge in [-0.25, -0.2) is 4.79 Å². The molecule has 0 aromatic heterocycles. The van der Waals surface area contributed by atoms with Crippen LogP contribution in [0, 0.1) is 0 Å². The lowest BCUT2D eigenvalue weighted by molar-refractivity contribution is -0.143. The molecule has 0 bridgehead atoms. The number of rotatable bonds is 3. The van der Waals surface area contributed by atoms with Crippen molar-refractivity contribution in [2.24, 2.45) is 0 Å². The van der Waals surface area contributed by atoms with Gasteiger partial charge in [-0.2, -0.15) is 0 Å². The summed E-state index contributed by atoms with van der Waals surface area (Å²) in [4.78, 5) is 11.3. The second kappa shape index (κ2) is 4.70. The predicted octanol–water partition coefficient (Wildman–Crippen LogP) is 2.28. The molecule has 0 radical (unpaired) electrons. The summed E-state index contributed by atoms with van der Waals surface area (Å²) in [7, 11) is 0. The molecule has 0 aliphatic rings. The fraction of sp³-hybridized carbons (Fsp3) is 0.250. The Hall–Kier alpha value is -1.97. The number of benzene rings is 1. The van der Waals surface area contributed by atoms with Crippen LogP contribution in [-0.4, -0.2) is 16.2 Å². The van der Waals surface area contributed by atoms with Gasteiger partial charge in [0.1, 0.15) is 6.10 Å². The molecule has 0 aliphatic heterocycles. The SMILES string of the molecule is C=C(C)C(=O)OC(C)c1cccc(O)c1O. The highest BCUT2D eigenvalue weighted by Gasteiger charge is 2.17. The topological polar surface area (TPSA) is 66.8 Å². The maximum absolute atomic E-state index is 11.3. The molecule has 86 valence electrons. The van der Waals surface area contributed by atoms with E-state index in [1.54, 1.807) is 19.1 Å². The van der Waals surface area contributed by atoms with Gasteiger partial charge in [0.25, 0.3) is 0 Å². The molecular weight excluding hydrogens is 208 g/mol. The van der Waals surface area contributed by atoms with E-state index < -0.39 is 12.1 Å². The first-order valence-electron chi connectivity index (χ1n) is 4.80. The number of esters is 1. The molecule has 1 atom stereocenters. The summed E-state index contributed by atoms with van der Waals surface area (Å²) in [5.41, 5.74) is 0.640. The lowest BCUT2D eigenvalue weighted by Gasteiger charge is -2.15. The molecule has 4 heteroatoms. The van der Waals surface area contributed by atoms with Crippen molar-refractivity contribution in [1.29, 1.82) is 0 Å². The van der Waals surface area contributed by atoms with E-state index >= 15 is 0 Å². The minimum absolute atomic E-state index is 0.240. The zero-order valence-electron chi connectivity index (χ0n) is 9.23. The third-order valence-corrected chi connectivity index (χ3v) is 2.12. The van der Waals surface area contributed by atoms with Crippen LogP contribution in [0.2, 0.25) is 0 Å². The fourth-order valence-electron chi connectivity index (χ4n) is 1.20. The molecule has 1 aromatic rings. The number of phenols is 2. The molecule has 1 rings (SSSR count). The largest absolute Gasteiger partial charge is 0.504 e. The van der Waals surface area contributed by atoms with E-state index in [-0.39, 0.29) is 17.1 Å².